The second-order valence-electron chi connectivity index (χ2n) is 13.7. The Morgan fingerprint density at radius 3 is 2.38 bits per heavy atom. The lowest BCUT2D eigenvalue weighted by Crippen LogP contribution is -2.57. The first-order chi connectivity index (χ1) is 22.6. The van der Waals surface area contributed by atoms with Crippen LogP contribution in [0.15, 0.2) is 66.4 Å². The van der Waals surface area contributed by atoms with Crippen LogP contribution in [0, 0.1) is 5.92 Å². The Bertz CT molecular complexity index is 1520. The SMILES string of the molecule is COC(=O)C1C=C(C(=O)N[C@@H](Cc2ccccc2)[C@H](O)CNC2(c3cccc(C(F)(F)F)c3)CC2)N2CCN(C(=O)OC(C)(C)C)CC12. The van der Waals surface area contributed by atoms with Crippen LogP contribution in [0.25, 0.3) is 0 Å². The average molecular weight is 673 g/mol. The minimum Gasteiger partial charge on any atom is -0.469 e. The molecule has 10 nitrogen and oxygen atoms in total. The van der Waals surface area contributed by atoms with Crippen molar-refractivity contribution in [3.8, 4) is 0 Å². The number of carbonyl (C=O) groups is 3. The monoisotopic (exact) mass is 672 g/mol. The molecular formula is C35H43F3N4O6. The van der Waals surface area contributed by atoms with Crippen LogP contribution in [0.3, 0.4) is 0 Å². The van der Waals surface area contributed by atoms with Gasteiger partial charge < -0.3 is 35.0 Å². The van der Waals surface area contributed by atoms with Crippen molar-refractivity contribution in [1.82, 2.24) is 20.4 Å². The third-order valence-electron chi connectivity index (χ3n) is 9.06. The van der Waals surface area contributed by atoms with Gasteiger partial charge in [-0.25, -0.2) is 4.79 Å². The van der Waals surface area contributed by atoms with Crippen molar-refractivity contribution in [2.24, 2.45) is 5.92 Å². The lowest BCUT2D eigenvalue weighted by Gasteiger charge is -2.41. The zero-order valence-corrected chi connectivity index (χ0v) is 27.5. The molecular weight excluding hydrogens is 629 g/mol. The standard InChI is InChI=1S/C35H43F3N4O6/c1-33(2,3)48-32(46)41-15-16-42-27(19-25(28(42)21-41)31(45)47-4)30(44)40-26(17-22-9-6-5-7-10-22)29(43)20-39-34(13-14-34)23-11-8-12-24(18-23)35(36,37)38/h5-12,18-19,25-26,28-29,39,43H,13-17,20-21H2,1-4H3,(H,40,44)/t25?,26-,28?,29+/m0/s1. The van der Waals surface area contributed by atoms with Gasteiger partial charge in [0, 0.05) is 31.7 Å². The zero-order valence-electron chi connectivity index (χ0n) is 27.5. The molecule has 3 aliphatic rings. The van der Waals surface area contributed by atoms with E-state index in [0.29, 0.717) is 18.4 Å². The van der Waals surface area contributed by atoms with E-state index in [0.717, 1.165) is 17.7 Å². The summed E-state index contributed by atoms with van der Waals surface area (Å²) >= 11 is 0. The van der Waals surface area contributed by atoms with E-state index in [2.05, 4.69) is 10.6 Å². The number of esters is 1. The number of hydrogen-bond donors (Lipinski definition) is 3. The number of methoxy groups -OCH3 is 1. The van der Waals surface area contributed by atoms with E-state index in [4.69, 9.17) is 9.47 Å². The predicted molar refractivity (Wildman–Crippen MR) is 170 cm³/mol. The largest absolute Gasteiger partial charge is 0.469 e. The molecule has 48 heavy (non-hydrogen) atoms. The summed E-state index contributed by atoms with van der Waals surface area (Å²) in [5.74, 6) is -1.87. The Morgan fingerprint density at radius 1 is 1.04 bits per heavy atom. The summed E-state index contributed by atoms with van der Waals surface area (Å²) in [5.41, 5.74) is -0.549. The van der Waals surface area contributed by atoms with Gasteiger partial charge in [0.2, 0.25) is 0 Å². The van der Waals surface area contributed by atoms with Gasteiger partial charge >= 0.3 is 18.2 Å². The topological polar surface area (TPSA) is 120 Å². The normalized spacial score (nSPS) is 21.5. The van der Waals surface area contributed by atoms with Crippen LogP contribution in [-0.2, 0) is 37.2 Å². The highest BCUT2D eigenvalue weighted by Crippen LogP contribution is 2.46. The van der Waals surface area contributed by atoms with E-state index in [1.54, 1.807) is 37.8 Å². The summed E-state index contributed by atoms with van der Waals surface area (Å²) in [7, 11) is 1.26. The van der Waals surface area contributed by atoms with E-state index in [9.17, 15) is 32.7 Å². The molecule has 4 atom stereocenters. The number of ether oxygens (including phenoxy) is 2. The Labute approximate surface area is 278 Å². The van der Waals surface area contributed by atoms with Crippen LogP contribution in [-0.4, -0.2) is 90.0 Å². The van der Waals surface area contributed by atoms with E-state index in [-0.39, 0.29) is 38.3 Å². The van der Waals surface area contributed by atoms with Crippen LogP contribution in [0.4, 0.5) is 18.0 Å². The van der Waals surface area contributed by atoms with Crippen LogP contribution in [0.5, 0.6) is 0 Å². The molecule has 260 valence electrons. The molecule has 2 heterocycles. The second-order valence-corrected chi connectivity index (χ2v) is 13.7. The van der Waals surface area contributed by atoms with Crippen molar-refractivity contribution in [1.29, 1.82) is 0 Å². The molecule has 1 saturated carbocycles. The summed E-state index contributed by atoms with van der Waals surface area (Å²) in [4.78, 5) is 42.9. The number of piperazine rings is 1. The van der Waals surface area contributed by atoms with Crippen molar-refractivity contribution in [3.63, 3.8) is 0 Å². The third kappa shape index (κ3) is 8.12. The fourth-order valence-electron chi connectivity index (χ4n) is 6.37. The van der Waals surface area contributed by atoms with Gasteiger partial charge in [0.1, 0.15) is 5.60 Å². The number of alkyl halides is 3. The van der Waals surface area contributed by atoms with Gasteiger partial charge in [-0.3, -0.25) is 9.59 Å². The number of hydrogen-bond acceptors (Lipinski definition) is 8. The average Bonchev–Trinajstić information content (AvgIpc) is 3.74. The molecule has 0 spiro atoms. The number of aliphatic hydroxyl groups is 1. The van der Waals surface area contributed by atoms with Crippen molar-refractivity contribution in [2.45, 2.75) is 75.5 Å². The number of halogens is 3. The summed E-state index contributed by atoms with van der Waals surface area (Å²) in [6.07, 6.45) is -3.07. The minimum atomic E-state index is -4.47. The molecule has 2 fully saturated rings. The molecule has 2 aromatic rings. The summed E-state index contributed by atoms with van der Waals surface area (Å²) in [6.45, 7) is 5.98. The van der Waals surface area contributed by atoms with Gasteiger partial charge in [0.15, 0.2) is 0 Å². The van der Waals surface area contributed by atoms with Gasteiger partial charge in [0.05, 0.1) is 42.5 Å². The first-order valence-corrected chi connectivity index (χ1v) is 16.1. The number of carbonyl (C=O) groups excluding carboxylic acids is 3. The first-order valence-electron chi connectivity index (χ1n) is 16.1. The minimum absolute atomic E-state index is 0.00897. The predicted octanol–water partition coefficient (Wildman–Crippen LogP) is 3.98. The second kappa shape index (κ2) is 13.8. The van der Waals surface area contributed by atoms with Crippen molar-refractivity contribution in [2.75, 3.05) is 33.3 Å². The fourth-order valence-corrected chi connectivity index (χ4v) is 6.37. The van der Waals surface area contributed by atoms with Crippen LogP contribution < -0.4 is 10.6 Å². The Balaban J connectivity index is 1.32. The molecule has 5 rings (SSSR count). The maximum absolute atomic E-state index is 13.9. The number of nitrogens with one attached hydrogen (secondary N) is 2. The lowest BCUT2D eigenvalue weighted by atomic mass is 9.98. The number of rotatable bonds is 10. The maximum Gasteiger partial charge on any atom is 0.416 e. The quantitative estimate of drug-likeness (QED) is 0.325. The van der Waals surface area contributed by atoms with E-state index in [1.165, 1.54) is 18.1 Å². The van der Waals surface area contributed by atoms with Gasteiger partial charge in [-0.15, -0.1) is 0 Å². The van der Waals surface area contributed by atoms with Crippen molar-refractivity contribution >= 4 is 18.0 Å². The van der Waals surface area contributed by atoms with E-state index < -0.39 is 65.0 Å². The van der Waals surface area contributed by atoms with Crippen LogP contribution in [0.1, 0.15) is 50.3 Å². The Morgan fingerprint density at radius 2 is 1.75 bits per heavy atom. The zero-order chi connectivity index (χ0) is 34.9. The molecule has 0 aromatic heterocycles. The molecule has 3 N–H and O–H groups in total. The molecule has 13 heteroatoms. The van der Waals surface area contributed by atoms with E-state index >= 15 is 0 Å². The van der Waals surface area contributed by atoms with Gasteiger partial charge in [0.25, 0.3) is 5.91 Å². The van der Waals surface area contributed by atoms with Gasteiger partial charge in [-0.1, -0.05) is 42.5 Å². The highest BCUT2D eigenvalue weighted by atomic mass is 19.4. The summed E-state index contributed by atoms with van der Waals surface area (Å²) in [6, 6.07) is 13.2. The molecule has 2 aromatic carbocycles. The summed E-state index contributed by atoms with van der Waals surface area (Å²) < 4.78 is 50.8. The molecule has 1 aliphatic carbocycles. The highest BCUT2D eigenvalue weighted by molar-refractivity contribution is 5.95. The number of fused-ring (bicyclic) bond motifs is 1. The van der Waals surface area contributed by atoms with Gasteiger partial charge in [-0.2, -0.15) is 13.2 Å². The number of amides is 2. The smallest absolute Gasteiger partial charge is 0.416 e. The fraction of sp³-hybridized carbons (Fsp3) is 0.514. The highest BCUT2D eigenvalue weighted by Gasteiger charge is 2.47. The van der Waals surface area contributed by atoms with Crippen LogP contribution >= 0.6 is 0 Å². The molecule has 2 unspecified atom stereocenters. The number of aliphatic hydroxyl groups excluding tert-OH is 1. The molecule has 2 amide bonds. The van der Waals surface area contributed by atoms with Crippen molar-refractivity contribution < 1.29 is 42.1 Å². The lowest BCUT2D eigenvalue weighted by molar-refractivity contribution is -0.145. The third-order valence-corrected chi connectivity index (χ3v) is 9.06. The summed E-state index contributed by atoms with van der Waals surface area (Å²) in [5, 5.41) is 17.7. The Kier molecular flexibility index (Phi) is 10.1. The molecule has 0 radical (unpaired) electrons. The number of benzene rings is 2. The van der Waals surface area contributed by atoms with Crippen LogP contribution in [0.2, 0.25) is 0 Å². The number of nitrogens with zero attached hydrogens (tertiary/aromatic N) is 2. The van der Waals surface area contributed by atoms with E-state index in [1.807, 2.05) is 30.3 Å². The molecule has 1 saturated heterocycles. The van der Waals surface area contributed by atoms with Crippen molar-refractivity contribution in [3.05, 3.63) is 83.1 Å². The van der Waals surface area contributed by atoms with Gasteiger partial charge in [-0.05, 0) is 69.4 Å². The Hall–Kier alpha value is -4.10. The maximum atomic E-state index is 13.9. The first kappa shape index (κ1) is 35.2. The molecule has 0 bridgehead atoms. The molecule has 2 aliphatic heterocycles.